The largest absolute Gasteiger partial charge is 0.416 e. The van der Waals surface area contributed by atoms with Crippen molar-refractivity contribution in [1.82, 2.24) is 5.32 Å². The number of hydrogen-bond donors (Lipinski definition) is 1. The molecule has 0 bridgehead atoms. The molecule has 1 aliphatic heterocycles. The van der Waals surface area contributed by atoms with Crippen LogP contribution in [0.3, 0.4) is 0 Å². The number of piperazine rings is 1. The van der Waals surface area contributed by atoms with Gasteiger partial charge in [-0.3, -0.25) is 10.1 Å². The molecule has 1 fully saturated rings. The zero-order valence-corrected chi connectivity index (χ0v) is 11.1. The van der Waals surface area contributed by atoms with Gasteiger partial charge in [0.2, 0.25) is 0 Å². The minimum Gasteiger partial charge on any atom is -0.363 e. The van der Waals surface area contributed by atoms with Gasteiger partial charge < -0.3 is 10.2 Å². The summed E-state index contributed by atoms with van der Waals surface area (Å²) in [5, 5.41) is 14.0. The highest BCUT2D eigenvalue weighted by Crippen LogP contribution is 2.36. The molecule has 1 N–H and O–H groups in total. The van der Waals surface area contributed by atoms with Crippen LogP contribution in [0.25, 0.3) is 0 Å². The Balaban J connectivity index is 0.00000200. The van der Waals surface area contributed by atoms with Crippen molar-refractivity contribution < 1.29 is 18.1 Å². The van der Waals surface area contributed by atoms with E-state index >= 15 is 0 Å². The van der Waals surface area contributed by atoms with Crippen LogP contribution in [0.15, 0.2) is 18.2 Å². The number of anilines is 1. The lowest BCUT2D eigenvalue weighted by molar-refractivity contribution is -0.384. The van der Waals surface area contributed by atoms with Gasteiger partial charge in [-0.2, -0.15) is 13.2 Å². The first kappa shape index (κ1) is 16.5. The van der Waals surface area contributed by atoms with Crippen molar-refractivity contribution in [2.75, 3.05) is 31.1 Å². The van der Waals surface area contributed by atoms with Gasteiger partial charge >= 0.3 is 6.18 Å². The second kappa shape index (κ2) is 6.27. The number of nitrogens with one attached hydrogen (secondary N) is 1. The Morgan fingerprint density at radius 3 is 2.35 bits per heavy atom. The van der Waals surface area contributed by atoms with E-state index in [1.807, 2.05) is 0 Å². The second-order valence-corrected chi connectivity index (χ2v) is 4.20. The summed E-state index contributed by atoms with van der Waals surface area (Å²) in [6.07, 6.45) is -4.58. The van der Waals surface area contributed by atoms with Gasteiger partial charge in [0.1, 0.15) is 5.69 Å². The highest BCUT2D eigenvalue weighted by molar-refractivity contribution is 5.85. The Bertz CT molecular complexity index is 490. The second-order valence-electron chi connectivity index (χ2n) is 4.20. The summed E-state index contributed by atoms with van der Waals surface area (Å²) >= 11 is 0. The molecule has 2 rings (SSSR count). The summed E-state index contributed by atoms with van der Waals surface area (Å²) in [4.78, 5) is 11.9. The molecule has 0 radical (unpaired) electrons. The summed E-state index contributed by atoms with van der Waals surface area (Å²) < 4.78 is 37.7. The molecule has 1 aromatic rings. The molecular formula is C11H13ClF3N3O2. The van der Waals surface area contributed by atoms with Crippen molar-refractivity contribution in [2.24, 2.45) is 0 Å². The number of nitro benzene ring substituents is 1. The van der Waals surface area contributed by atoms with Gasteiger partial charge in [0.05, 0.1) is 10.5 Å². The number of rotatable bonds is 2. The molecule has 1 aromatic carbocycles. The molecule has 0 aliphatic carbocycles. The highest BCUT2D eigenvalue weighted by Gasteiger charge is 2.33. The molecule has 0 unspecified atom stereocenters. The summed E-state index contributed by atoms with van der Waals surface area (Å²) in [5.41, 5.74) is -1.27. The summed E-state index contributed by atoms with van der Waals surface area (Å²) in [5.74, 6) is 0. The molecule has 1 saturated heterocycles. The van der Waals surface area contributed by atoms with E-state index in [-0.39, 0.29) is 18.1 Å². The standard InChI is InChI=1S/C11H12F3N3O2.ClH/c12-11(13,14)8-1-2-9(10(7-8)17(18)19)16-5-3-15-4-6-16;/h1-2,7,15H,3-6H2;1H. The molecule has 0 atom stereocenters. The maximum absolute atomic E-state index is 12.6. The molecule has 112 valence electrons. The number of alkyl halides is 3. The summed E-state index contributed by atoms with van der Waals surface area (Å²) in [7, 11) is 0. The molecular weight excluding hydrogens is 299 g/mol. The van der Waals surface area contributed by atoms with E-state index in [1.165, 1.54) is 6.07 Å². The fraction of sp³-hybridized carbons (Fsp3) is 0.455. The van der Waals surface area contributed by atoms with E-state index in [0.717, 1.165) is 6.07 Å². The quantitative estimate of drug-likeness (QED) is 0.673. The average molecular weight is 312 g/mol. The zero-order chi connectivity index (χ0) is 14.0. The van der Waals surface area contributed by atoms with Crippen LogP contribution in [0.1, 0.15) is 5.56 Å². The van der Waals surface area contributed by atoms with Gasteiger partial charge in [-0.25, -0.2) is 0 Å². The lowest BCUT2D eigenvalue weighted by atomic mass is 10.1. The molecule has 0 saturated carbocycles. The third-order valence-corrected chi connectivity index (χ3v) is 2.96. The van der Waals surface area contributed by atoms with Gasteiger partial charge in [0.15, 0.2) is 0 Å². The average Bonchev–Trinajstić information content (AvgIpc) is 2.38. The minimum absolute atomic E-state index is 0. The van der Waals surface area contributed by atoms with Crippen LogP contribution in [0.2, 0.25) is 0 Å². The van der Waals surface area contributed by atoms with Crippen LogP contribution in [-0.2, 0) is 6.18 Å². The van der Waals surface area contributed by atoms with Crippen LogP contribution < -0.4 is 10.2 Å². The van der Waals surface area contributed by atoms with Crippen LogP contribution in [0.5, 0.6) is 0 Å². The van der Waals surface area contributed by atoms with Gasteiger partial charge in [0, 0.05) is 32.2 Å². The maximum Gasteiger partial charge on any atom is 0.416 e. The van der Waals surface area contributed by atoms with E-state index in [0.29, 0.717) is 32.2 Å². The Labute approximate surface area is 119 Å². The topological polar surface area (TPSA) is 58.4 Å². The van der Waals surface area contributed by atoms with E-state index in [9.17, 15) is 23.3 Å². The summed E-state index contributed by atoms with van der Waals surface area (Å²) in [6.45, 7) is 2.37. The lowest BCUT2D eigenvalue weighted by Crippen LogP contribution is -2.43. The van der Waals surface area contributed by atoms with Crippen LogP contribution >= 0.6 is 12.4 Å². The monoisotopic (exact) mass is 311 g/mol. The molecule has 0 spiro atoms. The van der Waals surface area contributed by atoms with Gasteiger partial charge in [0.25, 0.3) is 5.69 Å². The first-order chi connectivity index (χ1) is 8.89. The number of nitrogens with zero attached hydrogens (tertiary/aromatic N) is 2. The van der Waals surface area contributed by atoms with Gasteiger partial charge in [-0.1, -0.05) is 0 Å². The number of hydrogen-bond acceptors (Lipinski definition) is 4. The Morgan fingerprint density at radius 2 is 1.85 bits per heavy atom. The van der Waals surface area contributed by atoms with Gasteiger partial charge in [-0.05, 0) is 12.1 Å². The van der Waals surface area contributed by atoms with Crippen molar-refractivity contribution in [1.29, 1.82) is 0 Å². The number of halogens is 4. The fourth-order valence-electron chi connectivity index (χ4n) is 2.02. The molecule has 20 heavy (non-hydrogen) atoms. The maximum atomic E-state index is 12.6. The van der Waals surface area contributed by atoms with Crippen molar-refractivity contribution in [3.05, 3.63) is 33.9 Å². The van der Waals surface area contributed by atoms with E-state index in [4.69, 9.17) is 0 Å². The van der Waals surface area contributed by atoms with Crippen molar-refractivity contribution in [3.63, 3.8) is 0 Å². The fourth-order valence-corrected chi connectivity index (χ4v) is 2.02. The third-order valence-electron chi connectivity index (χ3n) is 2.96. The molecule has 9 heteroatoms. The zero-order valence-electron chi connectivity index (χ0n) is 10.3. The lowest BCUT2D eigenvalue weighted by Gasteiger charge is -2.29. The third kappa shape index (κ3) is 3.51. The van der Waals surface area contributed by atoms with E-state index in [1.54, 1.807) is 4.90 Å². The number of benzene rings is 1. The highest BCUT2D eigenvalue weighted by atomic mass is 35.5. The molecule has 5 nitrogen and oxygen atoms in total. The van der Waals surface area contributed by atoms with E-state index in [2.05, 4.69) is 5.32 Å². The molecule has 0 amide bonds. The smallest absolute Gasteiger partial charge is 0.363 e. The van der Waals surface area contributed by atoms with Crippen molar-refractivity contribution in [2.45, 2.75) is 6.18 Å². The molecule has 0 aromatic heterocycles. The minimum atomic E-state index is -4.58. The molecule has 1 aliphatic rings. The Morgan fingerprint density at radius 1 is 1.25 bits per heavy atom. The van der Waals surface area contributed by atoms with Crippen LogP contribution in [-0.4, -0.2) is 31.1 Å². The van der Waals surface area contributed by atoms with Crippen molar-refractivity contribution in [3.8, 4) is 0 Å². The first-order valence-electron chi connectivity index (χ1n) is 5.71. The van der Waals surface area contributed by atoms with Crippen LogP contribution in [0, 0.1) is 10.1 Å². The van der Waals surface area contributed by atoms with Crippen LogP contribution in [0.4, 0.5) is 24.5 Å². The summed E-state index contributed by atoms with van der Waals surface area (Å²) in [6, 6.07) is 2.65. The van der Waals surface area contributed by atoms with Crippen molar-refractivity contribution >= 4 is 23.8 Å². The van der Waals surface area contributed by atoms with Gasteiger partial charge in [-0.15, -0.1) is 12.4 Å². The number of nitro groups is 1. The predicted octanol–water partition coefficient (Wildman–Crippen LogP) is 2.45. The normalized spacial score (nSPS) is 15.7. The van der Waals surface area contributed by atoms with E-state index < -0.39 is 22.4 Å². The predicted molar refractivity (Wildman–Crippen MR) is 70.4 cm³/mol. The SMILES string of the molecule is Cl.O=[N+]([O-])c1cc(C(F)(F)F)ccc1N1CCNCC1. The first-order valence-corrected chi connectivity index (χ1v) is 5.71. The molecule has 1 heterocycles. The Hall–Kier alpha value is -1.54. The Kier molecular flexibility index (Phi) is 5.18.